The van der Waals surface area contributed by atoms with Gasteiger partial charge in [-0.2, -0.15) is 0 Å². The first-order chi connectivity index (χ1) is 17.9. The van der Waals surface area contributed by atoms with Crippen molar-refractivity contribution in [2.45, 2.75) is 43.7 Å². The first-order valence-corrected chi connectivity index (χ1v) is 13.5. The van der Waals surface area contributed by atoms with Crippen molar-refractivity contribution in [2.75, 3.05) is 25.1 Å². The van der Waals surface area contributed by atoms with Gasteiger partial charge in [-0.05, 0) is 68.8 Å². The molecule has 0 fully saturated rings. The topological polar surface area (TPSA) is 94.2 Å². The Hall–Kier alpha value is -3.79. The molecule has 8 nitrogen and oxygen atoms in total. The number of hydrogen-bond acceptors (Lipinski definition) is 6. The van der Waals surface area contributed by atoms with Crippen LogP contribution in [-0.2, 0) is 14.8 Å². The standard InChI is InChI=1S/C28H31FN2O6S/c1-18-6-12-22-23(16-28(2,3)37-25(22)14-18)30-27(32)17-31(20-9-7-19(29)8-10-20)38(33,34)21-11-13-24(35-4)26(15-21)36-5/h6-15,23H,16-17H2,1-5H3,(H,30,32). The Balaban J connectivity index is 1.67. The summed E-state index contributed by atoms with van der Waals surface area (Å²) in [5.74, 6) is 0.201. The molecular formula is C28H31FN2O6S. The van der Waals surface area contributed by atoms with Crippen molar-refractivity contribution in [3.8, 4) is 17.2 Å². The Labute approximate surface area is 222 Å². The molecule has 1 amide bonds. The van der Waals surface area contributed by atoms with Gasteiger partial charge in [-0.15, -0.1) is 0 Å². The summed E-state index contributed by atoms with van der Waals surface area (Å²) < 4.78 is 58.8. The minimum absolute atomic E-state index is 0.111. The van der Waals surface area contributed by atoms with Crippen LogP contribution in [0.2, 0.25) is 0 Å². The molecule has 0 aromatic heterocycles. The highest BCUT2D eigenvalue weighted by molar-refractivity contribution is 7.92. The van der Waals surface area contributed by atoms with Gasteiger partial charge in [0.15, 0.2) is 11.5 Å². The van der Waals surface area contributed by atoms with Crippen LogP contribution in [0.25, 0.3) is 0 Å². The molecule has 38 heavy (non-hydrogen) atoms. The summed E-state index contributed by atoms with van der Waals surface area (Å²) in [4.78, 5) is 13.3. The lowest BCUT2D eigenvalue weighted by Gasteiger charge is -2.38. The molecule has 202 valence electrons. The van der Waals surface area contributed by atoms with E-state index >= 15 is 0 Å². The number of anilines is 1. The van der Waals surface area contributed by atoms with Crippen molar-refractivity contribution in [3.63, 3.8) is 0 Å². The van der Waals surface area contributed by atoms with Crippen molar-refractivity contribution >= 4 is 21.6 Å². The van der Waals surface area contributed by atoms with E-state index in [1.165, 1.54) is 44.6 Å². The number of benzene rings is 3. The lowest BCUT2D eigenvalue weighted by molar-refractivity contribution is -0.120. The number of methoxy groups -OCH3 is 2. The maximum Gasteiger partial charge on any atom is 0.264 e. The Bertz CT molecular complexity index is 1440. The second-order valence-electron chi connectivity index (χ2n) is 9.73. The highest BCUT2D eigenvalue weighted by Crippen LogP contribution is 2.40. The first-order valence-electron chi connectivity index (χ1n) is 12.0. The molecule has 0 bridgehead atoms. The van der Waals surface area contributed by atoms with E-state index in [0.717, 1.165) is 27.6 Å². The van der Waals surface area contributed by atoms with Gasteiger partial charge in [-0.3, -0.25) is 9.10 Å². The van der Waals surface area contributed by atoms with Gasteiger partial charge in [-0.1, -0.05) is 12.1 Å². The molecule has 4 rings (SSSR count). The quantitative estimate of drug-likeness (QED) is 0.441. The smallest absolute Gasteiger partial charge is 0.264 e. The highest BCUT2D eigenvalue weighted by atomic mass is 32.2. The molecule has 10 heteroatoms. The number of aryl methyl sites for hydroxylation is 1. The van der Waals surface area contributed by atoms with Crippen LogP contribution >= 0.6 is 0 Å². The third-order valence-electron chi connectivity index (χ3n) is 6.31. The van der Waals surface area contributed by atoms with Crippen LogP contribution in [0.5, 0.6) is 17.2 Å². The minimum atomic E-state index is -4.26. The van der Waals surface area contributed by atoms with Crippen LogP contribution in [0.1, 0.15) is 37.4 Å². The van der Waals surface area contributed by atoms with E-state index in [2.05, 4.69) is 5.32 Å². The van der Waals surface area contributed by atoms with E-state index in [1.54, 1.807) is 0 Å². The van der Waals surface area contributed by atoms with Gasteiger partial charge >= 0.3 is 0 Å². The largest absolute Gasteiger partial charge is 0.493 e. The molecule has 3 aromatic carbocycles. The van der Waals surface area contributed by atoms with E-state index < -0.39 is 33.9 Å². The van der Waals surface area contributed by atoms with Crippen molar-refractivity contribution in [1.82, 2.24) is 5.32 Å². The first kappa shape index (κ1) is 27.3. The fourth-order valence-corrected chi connectivity index (χ4v) is 5.92. The van der Waals surface area contributed by atoms with E-state index in [4.69, 9.17) is 14.2 Å². The summed E-state index contributed by atoms with van der Waals surface area (Å²) in [5.41, 5.74) is 1.44. The molecule has 1 atom stereocenters. The Morgan fingerprint density at radius 3 is 2.39 bits per heavy atom. The molecule has 1 unspecified atom stereocenters. The van der Waals surface area contributed by atoms with E-state index in [1.807, 2.05) is 39.0 Å². The monoisotopic (exact) mass is 542 g/mol. The summed E-state index contributed by atoms with van der Waals surface area (Å²) in [5, 5.41) is 2.98. The number of nitrogens with one attached hydrogen (secondary N) is 1. The van der Waals surface area contributed by atoms with Gasteiger partial charge in [0.2, 0.25) is 5.91 Å². The van der Waals surface area contributed by atoms with Crippen molar-refractivity contribution in [2.24, 2.45) is 0 Å². The number of sulfonamides is 1. The Kier molecular flexibility index (Phi) is 7.55. The molecule has 1 aliphatic heterocycles. The Morgan fingerprint density at radius 1 is 1.05 bits per heavy atom. The summed E-state index contributed by atoms with van der Waals surface area (Å²) >= 11 is 0. The number of ether oxygens (including phenoxy) is 3. The second kappa shape index (κ2) is 10.5. The van der Waals surface area contributed by atoms with Crippen molar-refractivity contribution in [3.05, 3.63) is 77.6 Å². The predicted octanol–water partition coefficient (Wildman–Crippen LogP) is 4.77. The van der Waals surface area contributed by atoms with Crippen LogP contribution in [0.4, 0.5) is 10.1 Å². The number of hydrogen-bond donors (Lipinski definition) is 1. The number of rotatable bonds is 8. The fourth-order valence-electron chi connectivity index (χ4n) is 4.48. The van der Waals surface area contributed by atoms with Gasteiger partial charge in [-0.25, -0.2) is 12.8 Å². The molecule has 3 aromatic rings. The van der Waals surface area contributed by atoms with Gasteiger partial charge in [0, 0.05) is 18.1 Å². The molecule has 0 radical (unpaired) electrons. The zero-order chi connectivity index (χ0) is 27.7. The third kappa shape index (κ3) is 5.70. The van der Waals surface area contributed by atoms with E-state index in [9.17, 15) is 17.6 Å². The highest BCUT2D eigenvalue weighted by Gasteiger charge is 2.36. The number of amides is 1. The molecule has 0 saturated heterocycles. The Morgan fingerprint density at radius 2 is 1.74 bits per heavy atom. The van der Waals surface area contributed by atoms with Crippen LogP contribution in [0.3, 0.4) is 0 Å². The molecule has 1 N–H and O–H groups in total. The number of nitrogens with zero attached hydrogens (tertiary/aromatic N) is 1. The van der Waals surface area contributed by atoms with Gasteiger partial charge in [0.05, 0.1) is 30.8 Å². The van der Waals surface area contributed by atoms with Crippen LogP contribution < -0.4 is 23.8 Å². The van der Waals surface area contributed by atoms with Crippen LogP contribution in [0.15, 0.2) is 65.6 Å². The van der Waals surface area contributed by atoms with Crippen molar-refractivity contribution in [1.29, 1.82) is 0 Å². The molecule has 0 spiro atoms. The minimum Gasteiger partial charge on any atom is -0.493 e. The third-order valence-corrected chi connectivity index (χ3v) is 8.08. The summed E-state index contributed by atoms with van der Waals surface area (Å²) in [6.07, 6.45) is 0.494. The summed E-state index contributed by atoms with van der Waals surface area (Å²) in [6, 6.07) is 14.4. The maximum absolute atomic E-state index is 13.8. The van der Waals surface area contributed by atoms with E-state index in [0.29, 0.717) is 17.9 Å². The lowest BCUT2D eigenvalue weighted by atomic mass is 9.89. The molecular weight excluding hydrogens is 511 g/mol. The van der Waals surface area contributed by atoms with Gasteiger partial charge in [0.1, 0.15) is 23.7 Å². The van der Waals surface area contributed by atoms with Crippen LogP contribution in [-0.4, -0.2) is 40.7 Å². The molecule has 1 heterocycles. The number of carbonyl (C=O) groups excluding carboxylic acids is 1. The lowest BCUT2D eigenvalue weighted by Crippen LogP contribution is -2.45. The average Bonchev–Trinajstić information content (AvgIpc) is 2.86. The number of halogens is 1. The molecule has 0 saturated carbocycles. The summed E-state index contributed by atoms with van der Waals surface area (Å²) in [6.45, 7) is 5.30. The van der Waals surface area contributed by atoms with Gasteiger partial charge in [0.25, 0.3) is 10.0 Å². The second-order valence-corrected chi connectivity index (χ2v) is 11.6. The SMILES string of the molecule is COc1ccc(S(=O)(=O)N(CC(=O)NC2CC(C)(C)Oc3cc(C)ccc32)c2ccc(F)cc2)cc1OC. The zero-order valence-corrected chi connectivity index (χ0v) is 22.8. The molecule has 0 aliphatic carbocycles. The predicted molar refractivity (Wildman–Crippen MR) is 142 cm³/mol. The van der Waals surface area contributed by atoms with Gasteiger partial charge < -0.3 is 19.5 Å². The van der Waals surface area contributed by atoms with E-state index in [-0.39, 0.29) is 22.4 Å². The maximum atomic E-state index is 13.8. The normalized spacial score (nSPS) is 16.1. The fraction of sp³-hybridized carbons (Fsp3) is 0.321. The molecule has 1 aliphatic rings. The van der Waals surface area contributed by atoms with Crippen LogP contribution in [0, 0.1) is 12.7 Å². The average molecular weight is 543 g/mol. The van der Waals surface area contributed by atoms with Crippen molar-refractivity contribution < 1.29 is 31.8 Å². The number of carbonyl (C=O) groups is 1. The summed E-state index contributed by atoms with van der Waals surface area (Å²) in [7, 11) is -1.42. The zero-order valence-electron chi connectivity index (χ0n) is 21.9. The number of fused-ring (bicyclic) bond motifs is 1.